The molecule has 0 spiro atoms. The van der Waals surface area contributed by atoms with E-state index in [0.29, 0.717) is 5.92 Å². The van der Waals surface area contributed by atoms with E-state index >= 15 is 0 Å². The van der Waals surface area contributed by atoms with E-state index in [2.05, 4.69) is 18.7 Å². The van der Waals surface area contributed by atoms with Crippen molar-refractivity contribution in [2.75, 3.05) is 19.6 Å². The minimum Gasteiger partial charge on any atom is -0.481 e. The van der Waals surface area contributed by atoms with Gasteiger partial charge in [-0.1, -0.05) is 13.8 Å². The van der Waals surface area contributed by atoms with Crippen molar-refractivity contribution in [1.82, 2.24) is 4.90 Å². The van der Waals surface area contributed by atoms with Crippen LogP contribution in [0.15, 0.2) is 0 Å². The van der Waals surface area contributed by atoms with Gasteiger partial charge in [-0.05, 0) is 18.9 Å². The Labute approximate surface area is 73.4 Å². The molecule has 1 aliphatic heterocycles. The fraction of sp³-hybridized carbons (Fsp3) is 0.889. The standard InChI is InChI=1S/C9H17NO2/c1-7(2)5-10-4-3-8(6-10)9(11)12/h7-8H,3-6H2,1-2H3,(H,11,12). The minimum absolute atomic E-state index is 0.122. The zero-order valence-electron chi connectivity index (χ0n) is 7.79. The summed E-state index contributed by atoms with van der Waals surface area (Å²) in [6, 6.07) is 0. The van der Waals surface area contributed by atoms with Crippen molar-refractivity contribution in [3.8, 4) is 0 Å². The number of likely N-dealkylation sites (tertiary alicyclic amines) is 1. The molecule has 1 atom stereocenters. The lowest BCUT2D eigenvalue weighted by Gasteiger charge is -2.17. The molecule has 1 heterocycles. The van der Waals surface area contributed by atoms with E-state index in [9.17, 15) is 4.79 Å². The second-order valence-corrected chi connectivity index (χ2v) is 3.98. The van der Waals surface area contributed by atoms with E-state index < -0.39 is 5.97 Å². The molecule has 0 saturated carbocycles. The monoisotopic (exact) mass is 171 g/mol. The van der Waals surface area contributed by atoms with Crippen molar-refractivity contribution in [1.29, 1.82) is 0 Å². The number of carboxylic acid groups (broad SMARTS) is 1. The molecule has 1 N–H and O–H groups in total. The van der Waals surface area contributed by atoms with E-state index in [-0.39, 0.29) is 5.92 Å². The SMILES string of the molecule is CC(C)CN1CCC(C(=O)O)C1. The van der Waals surface area contributed by atoms with Crippen molar-refractivity contribution >= 4 is 5.97 Å². The van der Waals surface area contributed by atoms with Gasteiger partial charge in [0.25, 0.3) is 0 Å². The average Bonchev–Trinajstić information content (AvgIpc) is 2.34. The predicted octanol–water partition coefficient (Wildman–Crippen LogP) is 1.05. The fourth-order valence-corrected chi connectivity index (χ4v) is 1.72. The molecule has 12 heavy (non-hydrogen) atoms. The number of nitrogens with zero attached hydrogens (tertiary/aromatic N) is 1. The third kappa shape index (κ3) is 2.48. The highest BCUT2D eigenvalue weighted by Crippen LogP contribution is 2.17. The second-order valence-electron chi connectivity index (χ2n) is 3.98. The highest BCUT2D eigenvalue weighted by Gasteiger charge is 2.27. The van der Waals surface area contributed by atoms with Crippen LogP contribution in [-0.2, 0) is 4.79 Å². The Morgan fingerprint density at radius 2 is 2.33 bits per heavy atom. The number of carbonyl (C=O) groups is 1. The Balaban J connectivity index is 2.30. The van der Waals surface area contributed by atoms with Gasteiger partial charge in [0.2, 0.25) is 0 Å². The number of aliphatic carboxylic acids is 1. The summed E-state index contributed by atoms with van der Waals surface area (Å²) in [5.41, 5.74) is 0. The van der Waals surface area contributed by atoms with Crippen molar-refractivity contribution in [2.45, 2.75) is 20.3 Å². The lowest BCUT2D eigenvalue weighted by Crippen LogP contribution is -2.26. The van der Waals surface area contributed by atoms with Crippen LogP contribution >= 0.6 is 0 Å². The summed E-state index contributed by atoms with van der Waals surface area (Å²) >= 11 is 0. The van der Waals surface area contributed by atoms with Gasteiger partial charge in [0.05, 0.1) is 5.92 Å². The third-order valence-corrected chi connectivity index (χ3v) is 2.24. The third-order valence-electron chi connectivity index (χ3n) is 2.24. The molecule has 0 bridgehead atoms. The van der Waals surface area contributed by atoms with Gasteiger partial charge >= 0.3 is 5.97 Å². The highest BCUT2D eigenvalue weighted by molar-refractivity contribution is 5.70. The highest BCUT2D eigenvalue weighted by atomic mass is 16.4. The molecule has 0 aromatic rings. The van der Waals surface area contributed by atoms with E-state index in [0.717, 1.165) is 26.1 Å². The lowest BCUT2D eigenvalue weighted by molar-refractivity contribution is -0.141. The van der Waals surface area contributed by atoms with Crippen LogP contribution in [0.3, 0.4) is 0 Å². The quantitative estimate of drug-likeness (QED) is 0.690. The van der Waals surface area contributed by atoms with Crippen molar-refractivity contribution < 1.29 is 9.90 Å². The normalized spacial score (nSPS) is 25.1. The molecule has 1 fully saturated rings. The van der Waals surface area contributed by atoms with Crippen LogP contribution in [0.25, 0.3) is 0 Å². The minimum atomic E-state index is -0.638. The maximum absolute atomic E-state index is 10.6. The van der Waals surface area contributed by atoms with E-state index in [1.807, 2.05) is 0 Å². The molecule has 1 saturated heterocycles. The van der Waals surface area contributed by atoms with Gasteiger partial charge in [-0.2, -0.15) is 0 Å². The second kappa shape index (κ2) is 3.90. The number of hydrogen-bond acceptors (Lipinski definition) is 2. The Kier molecular flexibility index (Phi) is 3.09. The number of hydrogen-bond donors (Lipinski definition) is 1. The van der Waals surface area contributed by atoms with Crippen molar-refractivity contribution in [3.05, 3.63) is 0 Å². The molecule has 0 radical (unpaired) electrons. The molecule has 1 unspecified atom stereocenters. The number of rotatable bonds is 3. The van der Waals surface area contributed by atoms with Crippen LogP contribution < -0.4 is 0 Å². The number of carboxylic acids is 1. The van der Waals surface area contributed by atoms with Crippen LogP contribution in [0.4, 0.5) is 0 Å². The molecule has 0 amide bonds. The van der Waals surface area contributed by atoms with Gasteiger partial charge in [0.1, 0.15) is 0 Å². The summed E-state index contributed by atoms with van der Waals surface area (Å²) in [6.07, 6.45) is 0.821. The first-order chi connectivity index (χ1) is 5.59. The van der Waals surface area contributed by atoms with Crippen molar-refractivity contribution in [3.63, 3.8) is 0 Å². The van der Waals surface area contributed by atoms with Gasteiger partial charge in [0.15, 0.2) is 0 Å². The van der Waals surface area contributed by atoms with Crippen LogP contribution in [0.2, 0.25) is 0 Å². The Bertz CT molecular complexity index is 168. The molecule has 0 aromatic carbocycles. The summed E-state index contributed by atoms with van der Waals surface area (Å²) < 4.78 is 0. The molecule has 0 aliphatic carbocycles. The summed E-state index contributed by atoms with van der Waals surface area (Å²) in [5.74, 6) is -0.123. The van der Waals surface area contributed by atoms with Gasteiger partial charge in [-0.25, -0.2) is 0 Å². The van der Waals surface area contributed by atoms with E-state index in [1.165, 1.54) is 0 Å². The molecule has 0 aromatic heterocycles. The maximum Gasteiger partial charge on any atom is 0.307 e. The molecular formula is C9H17NO2. The Morgan fingerprint density at radius 1 is 1.67 bits per heavy atom. The molecule has 3 heteroatoms. The van der Waals surface area contributed by atoms with Gasteiger partial charge in [-0.3, -0.25) is 4.79 Å². The first-order valence-electron chi connectivity index (χ1n) is 4.54. The Morgan fingerprint density at radius 3 is 2.75 bits per heavy atom. The van der Waals surface area contributed by atoms with Gasteiger partial charge < -0.3 is 10.0 Å². The summed E-state index contributed by atoms with van der Waals surface area (Å²) in [4.78, 5) is 12.8. The predicted molar refractivity (Wildman–Crippen MR) is 47.0 cm³/mol. The summed E-state index contributed by atoms with van der Waals surface area (Å²) in [7, 11) is 0. The van der Waals surface area contributed by atoms with Gasteiger partial charge in [0, 0.05) is 13.1 Å². The maximum atomic E-state index is 10.6. The van der Waals surface area contributed by atoms with E-state index in [4.69, 9.17) is 5.11 Å². The molecule has 3 nitrogen and oxygen atoms in total. The molecule has 70 valence electrons. The van der Waals surface area contributed by atoms with E-state index in [1.54, 1.807) is 0 Å². The summed E-state index contributed by atoms with van der Waals surface area (Å²) in [6.45, 7) is 7.05. The first kappa shape index (κ1) is 9.52. The topological polar surface area (TPSA) is 40.5 Å². The molecular weight excluding hydrogens is 154 g/mol. The lowest BCUT2D eigenvalue weighted by atomic mass is 10.1. The molecule has 1 aliphatic rings. The zero-order valence-corrected chi connectivity index (χ0v) is 7.79. The van der Waals surface area contributed by atoms with Crippen LogP contribution in [0, 0.1) is 11.8 Å². The van der Waals surface area contributed by atoms with Crippen LogP contribution in [0.5, 0.6) is 0 Å². The first-order valence-corrected chi connectivity index (χ1v) is 4.54. The zero-order chi connectivity index (χ0) is 9.14. The van der Waals surface area contributed by atoms with Crippen molar-refractivity contribution in [2.24, 2.45) is 11.8 Å². The van der Waals surface area contributed by atoms with Gasteiger partial charge in [-0.15, -0.1) is 0 Å². The molecule has 1 rings (SSSR count). The van der Waals surface area contributed by atoms with Crippen LogP contribution in [-0.4, -0.2) is 35.6 Å². The smallest absolute Gasteiger partial charge is 0.307 e. The summed E-state index contributed by atoms with van der Waals surface area (Å²) in [5, 5.41) is 8.74. The van der Waals surface area contributed by atoms with Crippen LogP contribution in [0.1, 0.15) is 20.3 Å². The Hall–Kier alpha value is -0.570. The average molecular weight is 171 g/mol. The largest absolute Gasteiger partial charge is 0.481 e. The fourth-order valence-electron chi connectivity index (χ4n) is 1.72.